The average molecular weight is 1550 g/mol. The summed E-state index contributed by atoms with van der Waals surface area (Å²) in [5, 5.41) is 13.4. The molecule has 0 N–H and O–H groups in total. The van der Waals surface area contributed by atoms with E-state index in [2.05, 4.69) is 379 Å². The molecule has 120 heavy (non-hydrogen) atoms. The lowest BCUT2D eigenvalue weighted by molar-refractivity contribution is 0.583. The molecule has 2 aliphatic rings. The van der Waals surface area contributed by atoms with Crippen molar-refractivity contribution in [2.24, 2.45) is 0 Å². The van der Waals surface area contributed by atoms with Crippen LogP contribution < -0.4 is 0 Å². The van der Waals surface area contributed by atoms with Gasteiger partial charge in [0.2, 0.25) is 0 Å². The van der Waals surface area contributed by atoms with Crippen molar-refractivity contribution in [2.75, 3.05) is 0 Å². The van der Waals surface area contributed by atoms with Gasteiger partial charge >= 0.3 is 0 Å². The van der Waals surface area contributed by atoms with Crippen LogP contribution in [0.5, 0.6) is 0 Å². The van der Waals surface area contributed by atoms with Gasteiger partial charge < -0.3 is 4.42 Å². The number of thiophene rings is 1. The highest BCUT2D eigenvalue weighted by atomic mass is 32.1. The number of rotatable bonds is 12. The Bertz CT molecular complexity index is 8080. The van der Waals surface area contributed by atoms with Crippen molar-refractivity contribution < 1.29 is 4.42 Å². The second-order valence-electron chi connectivity index (χ2n) is 32.8. The lowest BCUT2D eigenvalue weighted by atomic mass is 9.75. The number of benzene rings is 18. The van der Waals surface area contributed by atoms with Crippen molar-refractivity contribution in [3.63, 3.8) is 0 Å². The molecule has 24 rings (SSSR count). The molecule has 22 aromatic rings. The summed E-state index contributed by atoms with van der Waals surface area (Å²) in [5.74, 6) is 3.66. The predicted molar refractivity (Wildman–Crippen MR) is 497 cm³/mol. The lowest BCUT2D eigenvalue weighted by Crippen LogP contribution is -2.24. The number of fused-ring (bicyclic) bond motifs is 16. The summed E-state index contributed by atoms with van der Waals surface area (Å²) in [7, 11) is 0. The van der Waals surface area contributed by atoms with Crippen molar-refractivity contribution in [1.82, 2.24) is 29.9 Å². The Labute approximate surface area is 697 Å². The van der Waals surface area contributed by atoms with Gasteiger partial charge in [0.05, 0.1) is 0 Å². The molecule has 562 valence electrons. The van der Waals surface area contributed by atoms with E-state index in [4.69, 9.17) is 34.3 Å². The molecule has 0 fully saturated rings. The maximum atomic E-state index is 6.69. The molecule has 18 aromatic carbocycles. The monoisotopic (exact) mass is 1550 g/mol. The number of hydrogen-bond acceptors (Lipinski definition) is 8. The maximum Gasteiger partial charge on any atom is 0.164 e. The van der Waals surface area contributed by atoms with Gasteiger partial charge in [0.1, 0.15) is 11.2 Å². The predicted octanol–water partition coefficient (Wildman–Crippen LogP) is 29.4. The molecule has 0 amide bonds. The normalized spacial score (nSPS) is 13.9. The van der Waals surface area contributed by atoms with E-state index in [1.54, 1.807) is 0 Å². The summed E-state index contributed by atoms with van der Waals surface area (Å²) in [4.78, 5) is 33.4. The van der Waals surface area contributed by atoms with Crippen LogP contribution in [-0.4, -0.2) is 29.9 Å². The van der Waals surface area contributed by atoms with Gasteiger partial charge in [0, 0.05) is 86.3 Å². The van der Waals surface area contributed by atoms with Crippen molar-refractivity contribution in [2.45, 2.75) is 38.0 Å². The molecule has 0 bridgehead atoms. The zero-order valence-corrected chi connectivity index (χ0v) is 66.7. The minimum Gasteiger partial charge on any atom is -0.455 e. The fourth-order valence-electron chi connectivity index (χ4n) is 20.0. The molecule has 0 aliphatic heterocycles. The van der Waals surface area contributed by atoms with E-state index in [1.165, 1.54) is 75.8 Å². The summed E-state index contributed by atoms with van der Waals surface area (Å²) in [5.41, 5.74) is 27.1. The van der Waals surface area contributed by atoms with Crippen LogP contribution in [0.2, 0.25) is 0 Å². The van der Waals surface area contributed by atoms with Gasteiger partial charge in [0.25, 0.3) is 0 Å². The number of furan rings is 1. The highest BCUT2D eigenvalue weighted by Crippen LogP contribution is 2.55. The maximum absolute atomic E-state index is 6.69. The van der Waals surface area contributed by atoms with E-state index in [9.17, 15) is 0 Å². The first-order valence-electron chi connectivity index (χ1n) is 41.2. The average Bonchev–Trinajstić information content (AvgIpc) is 1.56. The molecule has 0 spiro atoms. The van der Waals surface area contributed by atoms with Crippen LogP contribution in [0.1, 0.15) is 48.6 Å². The Kier molecular flexibility index (Phi) is 15.6. The molecule has 8 heteroatoms. The SMILES string of the molecule is CC1(C)c2ccccc2-c2ccc(-c3nc(-c4ccc(-c5ccccc5)c5ccccc45)nc(-c4ccc(-c5cccc6c5sc5ccc(CC7(C)c8ccccc8-c8ccc(-c9nc(-c%10ccc(-c%11ccccc%11)c%11ccccc%10%11)nc(-c%10ccc(-c%11cccc%12c%11oc%11ccccc%11%12)c%11ccccc%10%11)n9)cc87)cc56)c5ccccc45)n3)cc21. The van der Waals surface area contributed by atoms with Crippen LogP contribution in [0, 0.1) is 0 Å². The second-order valence-corrected chi connectivity index (χ2v) is 33.9. The third kappa shape index (κ3) is 10.9. The fourth-order valence-corrected chi connectivity index (χ4v) is 21.2. The molecule has 1 unspecified atom stereocenters. The second kappa shape index (κ2) is 27.1. The van der Waals surface area contributed by atoms with Crippen LogP contribution in [0.25, 0.3) is 220 Å². The third-order valence-electron chi connectivity index (χ3n) is 25.7. The van der Waals surface area contributed by atoms with Gasteiger partial charge in [-0.2, -0.15) is 0 Å². The fraction of sp³-hybridized carbons (Fsp3) is 0.0536. The number of para-hydroxylation sites is 2. The molecule has 4 heterocycles. The molecular formula is C112H72N6OS. The van der Waals surface area contributed by atoms with Gasteiger partial charge in [-0.05, 0) is 188 Å². The van der Waals surface area contributed by atoms with Crippen LogP contribution in [-0.2, 0) is 17.3 Å². The van der Waals surface area contributed by atoms with Crippen molar-refractivity contribution in [1.29, 1.82) is 0 Å². The molecule has 7 nitrogen and oxygen atoms in total. The Balaban J connectivity index is 0.614. The summed E-state index contributed by atoms with van der Waals surface area (Å²) < 4.78 is 9.17. The molecule has 2 aliphatic carbocycles. The van der Waals surface area contributed by atoms with Crippen LogP contribution in [0.15, 0.2) is 374 Å². The molecule has 0 radical (unpaired) electrons. The standard InChI is InChI=1S/C112H72N6OS/c1-111(2)97-45-21-18-38-83(97)85-51-49-69(63-99(85)111)105-113-107(92-57-53-71(67-26-6-4-7-27-67)73-30-10-14-34-77(73)92)117-110(114-105)95-60-56-82(76-33-13-17-37-80(76)95)90-43-25-44-91-96-62-66(48-61-102(96)120-104(90)91)65-112(3)98-46-22-19-39-84(98)86-52-50-70(64-100(86)112)106-115-108(93-58-54-72(68-28-8-5-9-29-68)74-31-11-15-35-78(74)93)118-109(116-106)94-59-55-81(75-32-12-16-36-79(75)94)88-41-24-42-89-87-40-20-23-47-101(87)119-103(88)89/h4-64H,65H2,1-3H3. The van der Waals surface area contributed by atoms with Gasteiger partial charge in [-0.1, -0.05) is 336 Å². The van der Waals surface area contributed by atoms with E-state index < -0.39 is 5.41 Å². The summed E-state index contributed by atoms with van der Waals surface area (Å²) in [6.07, 6.45) is 0.752. The van der Waals surface area contributed by atoms with Gasteiger partial charge in [-0.15, -0.1) is 11.3 Å². The minimum atomic E-state index is -0.449. The van der Waals surface area contributed by atoms with Crippen molar-refractivity contribution in [3.05, 3.63) is 398 Å². The highest BCUT2D eigenvalue weighted by Gasteiger charge is 2.41. The Morgan fingerprint density at radius 2 is 0.600 bits per heavy atom. The van der Waals surface area contributed by atoms with Crippen molar-refractivity contribution in [3.8, 4) is 135 Å². The van der Waals surface area contributed by atoms with E-state index in [0.717, 1.165) is 144 Å². The van der Waals surface area contributed by atoms with Gasteiger partial charge in [-0.25, -0.2) is 29.9 Å². The Hall–Kier alpha value is -15.0. The van der Waals surface area contributed by atoms with Gasteiger partial charge in [-0.3, -0.25) is 0 Å². The van der Waals surface area contributed by atoms with E-state index in [0.29, 0.717) is 34.9 Å². The van der Waals surface area contributed by atoms with E-state index in [1.807, 2.05) is 23.5 Å². The van der Waals surface area contributed by atoms with Crippen LogP contribution >= 0.6 is 11.3 Å². The quantitative estimate of drug-likeness (QED) is 0.120. The zero-order chi connectivity index (χ0) is 79.5. The number of aromatic nitrogens is 6. The summed E-state index contributed by atoms with van der Waals surface area (Å²) >= 11 is 1.87. The van der Waals surface area contributed by atoms with E-state index >= 15 is 0 Å². The molecule has 0 saturated heterocycles. The third-order valence-corrected chi connectivity index (χ3v) is 26.9. The van der Waals surface area contributed by atoms with E-state index in [-0.39, 0.29) is 5.41 Å². The summed E-state index contributed by atoms with van der Waals surface area (Å²) in [6.45, 7) is 7.09. The summed E-state index contributed by atoms with van der Waals surface area (Å²) in [6, 6.07) is 134. The highest BCUT2D eigenvalue weighted by molar-refractivity contribution is 7.26. The van der Waals surface area contributed by atoms with Crippen LogP contribution in [0.3, 0.4) is 0 Å². The lowest BCUT2D eigenvalue weighted by Gasteiger charge is -2.28. The first-order valence-corrected chi connectivity index (χ1v) is 42.0. The van der Waals surface area contributed by atoms with Crippen LogP contribution in [0.4, 0.5) is 0 Å². The topological polar surface area (TPSA) is 90.5 Å². The first-order chi connectivity index (χ1) is 59.1. The Morgan fingerprint density at radius 3 is 1.14 bits per heavy atom. The largest absolute Gasteiger partial charge is 0.455 e. The molecule has 0 saturated carbocycles. The smallest absolute Gasteiger partial charge is 0.164 e. The molecular weight excluding hydrogens is 1480 g/mol. The van der Waals surface area contributed by atoms with Gasteiger partial charge in [0.15, 0.2) is 34.9 Å². The first kappa shape index (κ1) is 69.4. The van der Waals surface area contributed by atoms with Crippen molar-refractivity contribution >= 4 is 96.5 Å². The zero-order valence-electron chi connectivity index (χ0n) is 65.9. The molecule has 4 aromatic heterocycles. The number of nitrogens with zero attached hydrogens (tertiary/aromatic N) is 6. The Morgan fingerprint density at radius 1 is 0.233 bits per heavy atom. The number of hydrogen-bond donors (Lipinski definition) is 0. The minimum absolute atomic E-state index is 0.216. The molecule has 1 atom stereocenters.